The molecule has 1 saturated heterocycles. The van der Waals surface area contributed by atoms with E-state index in [4.69, 9.17) is 23.7 Å². The van der Waals surface area contributed by atoms with Gasteiger partial charge in [0.1, 0.15) is 0 Å². The summed E-state index contributed by atoms with van der Waals surface area (Å²) in [7, 11) is 4.78. The van der Waals surface area contributed by atoms with Crippen LogP contribution >= 0.6 is 0 Å². The quantitative estimate of drug-likeness (QED) is 0.803. The molecule has 1 N–H and O–H groups in total. The Balaban J connectivity index is 1.73. The van der Waals surface area contributed by atoms with Crippen LogP contribution in [0.3, 0.4) is 0 Å². The van der Waals surface area contributed by atoms with Gasteiger partial charge in [0.25, 0.3) is 0 Å². The molecule has 146 valence electrons. The van der Waals surface area contributed by atoms with E-state index in [1.165, 1.54) is 0 Å². The Labute approximate surface area is 160 Å². The van der Waals surface area contributed by atoms with E-state index in [1.54, 1.807) is 21.3 Å². The Morgan fingerprint density at radius 3 is 1.89 bits per heavy atom. The van der Waals surface area contributed by atoms with Gasteiger partial charge in [-0.1, -0.05) is 26.0 Å². The van der Waals surface area contributed by atoms with Crippen LogP contribution in [0.25, 0.3) is 0 Å². The highest BCUT2D eigenvalue weighted by Crippen LogP contribution is 2.40. The van der Waals surface area contributed by atoms with E-state index in [0.29, 0.717) is 30.5 Å². The zero-order chi connectivity index (χ0) is 19.4. The number of nitrogens with one attached hydrogen (secondary N) is 1. The lowest BCUT2D eigenvalue weighted by Gasteiger charge is -2.34. The number of hydrogen-bond donors (Lipinski definition) is 1. The minimum atomic E-state index is -0.312. The summed E-state index contributed by atoms with van der Waals surface area (Å²) in [6, 6.07) is 11.7. The summed E-state index contributed by atoms with van der Waals surface area (Å²) >= 11 is 0. The number of hydrogen-bond acceptors (Lipinski definition) is 6. The first-order chi connectivity index (χ1) is 13.0. The third-order valence-corrected chi connectivity index (χ3v) is 4.39. The molecule has 0 atom stereocenters. The summed E-state index contributed by atoms with van der Waals surface area (Å²) in [5, 5.41) is 3.35. The molecule has 1 fully saturated rings. The fourth-order valence-corrected chi connectivity index (χ4v) is 2.93. The second-order valence-electron chi connectivity index (χ2n) is 7.28. The zero-order valence-electron chi connectivity index (χ0n) is 16.5. The minimum Gasteiger partial charge on any atom is -0.493 e. The van der Waals surface area contributed by atoms with Crippen molar-refractivity contribution in [2.45, 2.75) is 20.1 Å². The third kappa shape index (κ3) is 4.46. The SMILES string of the molecule is COc1cc(Nc2ccc(C3OCC(C)(C)CO3)cc2)cc(OC)c1OC. The van der Waals surface area contributed by atoms with Gasteiger partial charge in [-0.05, 0) is 12.1 Å². The third-order valence-electron chi connectivity index (χ3n) is 4.39. The van der Waals surface area contributed by atoms with Gasteiger partial charge < -0.3 is 29.0 Å². The Bertz CT molecular complexity index is 738. The Morgan fingerprint density at radius 2 is 1.41 bits per heavy atom. The average Bonchev–Trinajstić information content (AvgIpc) is 2.68. The predicted molar refractivity (Wildman–Crippen MR) is 104 cm³/mol. The number of methoxy groups -OCH3 is 3. The predicted octanol–water partition coefficient (Wildman–Crippen LogP) is 4.53. The first-order valence-electron chi connectivity index (χ1n) is 8.86. The molecule has 2 aromatic carbocycles. The summed E-state index contributed by atoms with van der Waals surface area (Å²) in [6.45, 7) is 5.63. The molecule has 3 rings (SSSR count). The number of benzene rings is 2. The number of anilines is 2. The van der Waals surface area contributed by atoms with Gasteiger partial charge in [0.15, 0.2) is 17.8 Å². The van der Waals surface area contributed by atoms with Gasteiger partial charge in [0, 0.05) is 34.5 Å². The first-order valence-corrected chi connectivity index (χ1v) is 8.86. The Kier molecular flexibility index (Phi) is 5.77. The Morgan fingerprint density at radius 1 is 0.852 bits per heavy atom. The normalized spacial score (nSPS) is 16.6. The van der Waals surface area contributed by atoms with E-state index >= 15 is 0 Å². The van der Waals surface area contributed by atoms with E-state index < -0.39 is 0 Å². The van der Waals surface area contributed by atoms with Crippen molar-refractivity contribution in [1.29, 1.82) is 0 Å². The van der Waals surface area contributed by atoms with Crippen LogP contribution in [-0.4, -0.2) is 34.5 Å². The molecule has 1 heterocycles. The van der Waals surface area contributed by atoms with Crippen LogP contribution in [-0.2, 0) is 9.47 Å². The zero-order valence-corrected chi connectivity index (χ0v) is 16.5. The van der Waals surface area contributed by atoms with Crippen molar-refractivity contribution >= 4 is 11.4 Å². The molecule has 0 aromatic heterocycles. The standard InChI is InChI=1S/C21H27NO5/c1-21(2)12-26-20(27-13-21)14-6-8-15(9-7-14)22-16-10-17(23-3)19(25-5)18(11-16)24-4/h6-11,20,22H,12-13H2,1-5H3. The summed E-state index contributed by atoms with van der Waals surface area (Å²) < 4.78 is 27.8. The molecule has 0 unspecified atom stereocenters. The first kappa shape index (κ1) is 19.3. The van der Waals surface area contributed by atoms with Crippen LogP contribution in [0.5, 0.6) is 17.2 Å². The molecular weight excluding hydrogens is 346 g/mol. The van der Waals surface area contributed by atoms with E-state index in [0.717, 1.165) is 16.9 Å². The van der Waals surface area contributed by atoms with Crippen molar-refractivity contribution in [2.24, 2.45) is 5.41 Å². The van der Waals surface area contributed by atoms with Crippen LogP contribution < -0.4 is 19.5 Å². The van der Waals surface area contributed by atoms with Crippen LogP contribution in [0.2, 0.25) is 0 Å². The molecular formula is C21H27NO5. The summed E-state index contributed by atoms with van der Waals surface area (Å²) in [5.74, 6) is 1.76. The smallest absolute Gasteiger partial charge is 0.203 e. The van der Waals surface area contributed by atoms with Gasteiger partial charge in [0.05, 0.1) is 34.5 Å². The van der Waals surface area contributed by atoms with Gasteiger partial charge >= 0.3 is 0 Å². The van der Waals surface area contributed by atoms with E-state index in [1.807, 2.05) is 36.4 Å². The van der Waals surface area contributed by atoms with Crippen LogP contribution in [0.4, 0.5) is 11.4 Å². The van der Waals surface area contributed by atoms with Crippen molar-refractivity contribution in [3.63, 3.8) is 0 Å². The molecule has 0 aliphatic carbocycles. The maximum Gasteiger partial charge on any atom is 0.203 e. The maximum atomic E-state index is 5.83. The molecule has 0 saturated carbocycles. The van der Waals surface area contributed by atoms with E-state index in [-0.39, 0.29) is 11.7 Å². The maximum absolute atomic E-state index is 5.83. The van der Waals surface area contributed by atoms with Gasteiger partial charge in [-0.25, -0.2) is 0 Å². The summed E-state index contributed by atoms with van der Waals surface area (Å²) in [6.07, 6.45) is -0.312. The minimum absolute atomic E-state index is 0.0600. The summed E-state index contributed by atoms with van der Waals surface area (Å²) in [5.41, 5.74) is 2.83. The van der Waals surface area contributed by atoms with Crippen LogP contribution in [0, 0.1) is 5.41 Å². The van der Waals surface area contributed by atoms with E-state index in [2.05, 4.69) is 19.2 Å². The second-order valence-corrected chi connectivity index (χ2v) is 7.28. The number of ether oxygens (including phenoxy) is 5. The molecule has 0 amide bonds. The lowest BCUT2D eigenvalue weighted by Crippen LogP contribution is -2.33. The van der Waals surface area contributed by atoms with Gasteiger partial charge in [-0.15, -0.1) is 0 Å². The lowest BCUT2D eigenvalue weighted by atomic mass is 9.95. The molecule has 1 aliphatic rings. The van der Waals surface area contributed by atoms with Gasteiger partial charge in [0.2, 0.25) is 5.75 Å². The fourth-order valence-electron chi connectivity index (χ4n) is 2.93. The molecule has 2 aromatic rings. The van der Waals surface area contributed by atoms with Gasteiger partial charge in [-0.2, -0.15) is 0 Å². The highest BCUT2D eigenvalue weighted by Gasteiger charge is 2.29. The highest BCUT2D eigenvalue weighted by molar-refractivity contribution is 5.68. The average molecular weight is 373 g/mol. The van der Waals surface area contributed by atoms with Crippen molar-refractivity contribution < 1.29 is 23.7 Å². The molecule has 6 heteroatoms. The Hall–Kier alpha value is -2.44. The molecule has 27 heavy (non-hydrogen) atoms. The molecule has 0 bridgehead atoms. The van der Waals surface area contributed by atoms with Crippen molar-refractivity contribution in [2.75, 3.05) is 39.9 Å². The molecule has 6 nitrogen and oxygen atoms in total. The van der Waals surface area contributed by atoms with E-state index in [9.17, 15) is 0 Å². The van der Waals surface area contributed by atoms with Crippen molar-refractivity contribution in [1.82, 2.24) is 0 Å². The number of rotatable bonds is 6. The monoisotopic (exact) mass is 373 g/mol. The van der Waals surface area contributed by atoms with Crippen molar-refractivity contribution in [3.05, 3.63) is 42.0 Å². The fraction of sp³-hybridized carbons (Fsp3) is 0.429. The topological polar surface area (TPSA) is 58.2 Å². The molecule has 1 aliphatic heterocycles. The molecule has 0 radical (unpaired) electrons. The largest absolute Gasteiger partial charge is 0.493 e. The van der Waals surface area contributed by atoms with Crippen LogP contribution in [0.15, 0.2) is 36.4 Å². The van der Waals surface area contributed by atoms with Gasteiger partial charge in [-0.3, -0.25) is 0 Å². The van der Waals surface area contributed by atoms with Crippen molar-refractivity contribution in [3.8, 4) is 17.2 Å². The summed E-state index contributed by atoms with van der Waals surface area (Å²) in [4.78, 5) is 0. The lowest BCUT2D eigenvalue weighted by molar-refractivity contribution is -0.226. The molecule has 0 spiro atoms. The second kappa shape index (κ2) is 8.06. The van der Waals surface area contributed by atoms with Crippen LogP contribution in [0.1, 0.15) is 25.7 Å². The highest BCUT2D eigenvalue weighted by atomic mass is 16.7.